The van der Waals surface area contributed by atoms with E-state index >= 15 is 0 Å². The summed E-state index contributed by atoms with van der Waals surface area (Å²) < 4.78 is 0. The van der Waals surface area contributed by atoms with Gasteiger partial charge in [0.25, 0.3) is 0 Å². The molecule has 0 saturated carbocycles. The van der Waals surface area contributed by atoms with Crippen molar-refractivity contribution in [2.75, 3.05) is 19.6 Å². The molecule has 6 N–H and O–H groups in total. The third-order valence-electron chi connectivity index (χ3n) is 2.22. The van der Waals surface area contributed by atoms with Gasteiger partial charge >= 0.3 is 0 Å². The van der Waals surface area contributed by atoms with Gasteiger partial charge < -0.3 is 17.2 Å². The van der Waals surface area contributed by atoms with Gasteiger partial charge in [0.15, 0.2) is 0 Å². The van der Waals surface area contributed by atoms with Crippen molar-refractivity contribution in [3.8, 4) is 0 Å². The highest BCUT2D eigenvalue weighted by molar-refractivity contribution is 4.61. The summed E-state index contributed by atoms with van der Waals surface area (Å²) in [6, 6.07) is 0. The Kier molecular flexibility index (Phi) is 8.88. The first-order valence-corrected chi connectivity index (χ1v) is 4.95. The molecular formula is C9H23N3. The molecular weight excluding hydrogens is 150 g/mol. The summed E-state index contributed by atoms with van der Waals surface area (Å²) in [4.78, 5) is 0. The number of hydrogen-bond acceptors (Lipinski definition) is 3. The first kappa shape index (κ1) is 11.9. The maximum Gasteiger partial charge on any atom is -0.00746 e. The normalized spacial score (nSPS) is 11.0. The maximum atomic E-state index is 5.50. The highest BCUT2D eigenvalue weighted by atomic mass is 14.5. The molecule has 0 fully saturated rings. The van der Waals surface area contributed by atoms with Gasteiger partial charge in [-0.2, -0.15) is 0 Å². The molecule has 0 amide bonds. The molecule has 0 spiro atoms. The van der Waals surface area contributed by atoms with E-state index in [1.165, 1.54) is 12.8 Å². The quantitative estimate of drug-likeness (QED) is 0.466. The second-order valence-corrected chi connectivity index (χ2v) is 3.31. The van der Waals surface area contributed by atoms with Gasteiger partial charge in [-0.25, -0.2) is 0 Å². The van der Waals surface area contributed by atoms with Crippen molar-refractivity contribution >= 4 is 0 Å². The molecule has 3 heteroatoms. The molecule has 74 valence electrons. The van der Waals surface area contributed by atoms with Crippen LogP contribution < -0.4 is 17.2 Å². The van der Waals surface area contributed by atoms with Crippen LogP contribution in [-0.2, 0) is 0 Å². The molecule has 0 aromatic heterocycles. The third kappa shape index (κ3) is 6.58. The molecule has 0 bridgehead atoms. The number of rotatable bonds is 8. The number of unbranched alkanes of at least 4 members (excludes halogenated alkanes) is 1. The summed E-state index contributed by atoms with van der Waals surface area (Å²) >= 11 is 0. The van der Waals surface area contributed by atoms with E-state index in [0.717, 1.165) is 44.8 Å². The zero-order valence-corrected chi connectivity index (χ0v) is 7.97. The molecule has 12 heavy (non-hydrogen) atoms. The van der Waals surface area contributed by atoms with E-state index < -0.39 is 0 Å². The predicted molar refractivity (Wildman–Crippen MR) is 53.7 cm³/mol. The Hall–Kier alpha value is -0.120. The first-order chi connectivity index (χ1) is 5.85. The van der Waals surface area contributed by atoms with E-state index in [0.29, 0.717) is 0 Å². The summed E-state index contributed by atoms with van der Waals surface area (Å²) in [7, 11) is 0. The lowest BCUT2D eigenvalue weighted by Gasteiger charge is -2.13. The van der Waals surface area contributed by atoms with Crippen LogP contribution >= 0.6 is 0 Å². The Balaban J connectivity index is 3.34. The topological polar surface area (TPSA) is 78.1 Å². The summed E-state index contributed by atoms with van der Waals surface area (Å²) in [5.41, 5.74) is 16.4. The molecule has 0 aliphatic heterocycles. The van der Waals surface area contributed by atoms with E-state index in [9.17, 15) is 0 Å². The standard InChI is InChI=1S/C9H23N3/c10-6-2-1-3-9(4-7-11)5-8-12/h9H,1-8,10-12H2. The monoisotopic (exact) mass is 173 g/mol. The van der Waals surface area contributed by atoms with Crippen LogP contribution in [0.15, 0.2) is 0 Å². The molecule has 0 unspecified atom stereocenters. The highest BCUT2D eigenvalue weighted by Gasteiger charge is 2.05. The van der Waals surface area contributed by atoms with Crippen molar-refractivity contribution in [2.24, 2.45) is 23.1 Å². The van der Waals surface area contributed by atoms with Crippen LogP contribution in [0.25, 0.3) is 0 Å². The summed E-state index contributed by atoms with van der Waals surface area (Å²) in [5.74, 6) is 0.728. The molecule has 0 saturated heterocycles. The zero-order valence-electron chi connectivity index (χ0n) is 7.97. The second kappa shape index (κ2) is 8.97. The van der Waals surface area contributed by atoms with Gasteiger partial charge in [-0.15, -0.1) is 0 Å². The Morgan fingerprint density at radius 3 is 1.67 bits per heavy atom. The summed E-state index contributed by atoms with van der Waals surface area (Å²) in [5, 5.41) is 0. The molecule has 0 aliphatic rings. The molecule has 0 aromatic rings. The largest absolute Gasteiger partial charge is 0.330 e. The van der Waals surface area contributed by atoms with Crippen molar-refractivity contribution in [2.45, 2.75) is 32.1 Å². The van der Waals surface area contributed by atoms with Gasteiger partial charge in [-0.1, -0.05) is 12.8 Å². The fourth-order valence-corrected chi connectivity index (χ4v) is 1.48. The molecule has 3 nitrogen and oxygen atoms in total. The average Bonchev–Trinajstić information content (AvgIpc) is 2.06. The van der Waals surface area contributed by atoms with Crippen LogP contribution in [0, 0.1) is 5.92 Å². The molecule has 0 rings (SSSR count). The lowest BCUT2D eigenvalue weighted by Crippen LogP contribution is -2.13. The number of nitrogens with two attached hydrogens (primary N) is 3. The molecule has 0 atom stereocenters. The van der Waals surface area contributed by atoms with E-state index in [1.54, 1.807) is 0 Å². The third-order valence-corrected chi connectivity index (χ3v) is 2.22. The van der Waals surface area contributed by atoms with Crippen molar-refractivity contribution in [3.05, 3.63) is 0 Å². The Morgan fingerprint density at radius 1 is 0.667 bits per heavy atom. The number of hydrogen-bond donors (Lipinski definition) is 3. The Morgan fingerprint density at radius 2 is 1.25 bits per heavy atom. The zero-order chi connectivity index (χ0) is 9.23. The minimum absolute atomic E-state index is 0.728. The first-order valence-electron chi connectivity index (χ1n) is 4.95. The maximum absolute atomic E-state index is 5.50. The summed E-state index contributed by atoms with van der Waals surface area (Å²) in [6.45, 7) is 2.37. The van der Waals surface area contributed by atoms with E-state index in [2.05, 4.69) is 0 Å². The fourth-order valence-electron chi connectivity index (χ4n) is 1.48. The highest BCUT2D eigenvalue weighted by Crippen LogP contribution is 2.14. The molecule has 0 radical (unpaired) electrons. The summed E-state index contributed by atoms with van der Waals surface area (Å²) in [6.07, 6.45) is 5.82. The van der Waals surface area contributed by atoms with Crippen molar-refractivity contribution in [1.29, 1.82) is 0 Å². The van der Waals surface area contributed by atoms with Gasteiger partial charge in [0.05, 0.1) is 0 Å². The Bertz CT molecular complexity index is 79.8. The lowest BCUT2D eigenvalue weighted by molar-refractivity contribution is 0.414. The van der Waals surface area contributed by atoms with Gasteiger partial charge in [-0.05, 0) is 44.8 Å². The van der Waals surface area contributed by atoms with Gasteiger partial charge in [0, 0.05) is 0 Å². The Labute approximate surface area is 75.7 Å². The van der Waals surface area contributed by atoms with Crippen molar-refractivity contribution in [3.63, 3.8) is 0 Å². The van der Waals surface area contributed by atoms with Crippen LogP contribution in [0.3, 0.4) is 0 Å². The molecule has 0 aromatic carbocycles. The minimum atomic E-state index is 0.728. The van der Waals surface area contributed by atoms with E-state index in [4.69, 9.17) is 17.2 Å². The van der Waals surface area contributed by atoms with E-state index in [-0.39, 0.29) is 0 Å². The average molecular weight is 173 g/mol. The van der Waals surface area contributed by atoms with Crippen molar-refractivity contribution in [1.82, 2.24) is 0 Å². The lowest BCUT2D eigenvalue weighted by atomic mass is 9.95. The van der Waals surface area contributed by atoms with Crippen LogP contribution in [0.4, 0.5) is 0 Å². The van der Waals surface area contributed by atoms with Crippen LogP contribution in [0.1, 0.15) is 32.1 Å². The van der Waals surface area contributed by atoms with Gasteiger partial charge in [-0.3, -0.25) is 0 Å². The van der Waals surface area contributed by atoms with Crippen LogP contribution in [0.5, 0.6) is 0 Å². The van der Waals surface area contributed by atoms with Gasteiger partial charge in [0.1, 0.15) is 0 Å². The smallest absolute Gasteiger partial charge is 0.00746 e. The molecule has 0 aliphatic carbocycles. The fraction of sp³-hybridized carbons (Fsp3) is 1.00. The van der Waals surface area contributed by atoms with E-state index in [1.807, 2.05) is 0 Å². The predicted octanol–water partition coefficient (Wildman–Crippen LogP) is 0.429. The second-order valence-electron chi connectivity index (χ2n) is 3.31. The van der Waals surface area contributed by atoms with Gasteiger partial charge in [0.2, 0.25) is 0 Å². The molecule has 0 heterocycles. The van der Waals surface area contributed by atoms with Crippen LogP contribution in [-0.4, -0.2) is 19.6 Å². The van der Waals surface area contributed by atoms with Crippen molar-refractivity contribution < 1.29 is 0 Å². The SMILES string of the molecule is NCCCCC(CCN)CCN. The minimum Gasteiger partial charge on any atom is -0.330 e. The van der Waals surface area contributed by atoms with Crippen LogP contribution in [0.2, 0.25) is 0 Å².